The van der Waals surface area contributed by atoms with E-state index in [-0.39, 0.29) is 6.10 Å². The van der Waals surface area contributed by atoms with Gasteiger partial charge in [-0.25, -0.2) is 0 Å². The van der Waals surface area contributed by atoms with Crippen LogP contribution < -0.4 is 0 Å². The molecule has 1 aliphatic rings. The lowest BCUT2D eigenvalue weighted by Gasteiger charge is -2.18. The maximum absolute atomic E-state index is 10.2. The molecule has 2 heteroatoms. The molecule has 2 rings (SSSR count). The first kappa shape index (κ1) is 11.7. The summed E-state index contributed by atoms with van der Waals surface area (Å²) in [5.74, 6) is 1.32. The van der Waals surface area contributed by atoms with Crippen LogP contribution in [-0.2, 0) is 0 Å². The monoisotopic (exact) mass is 234 g/mol. The number of allylic oxidation sites excluding steroid dienone is 1. The van der Waals surface area contributed by atoms with E-state index in [4.69, 9.17) is 0 Å². The molecule has 2 unspecified atom stereocenters. The summed E-state index contributed by atoms with van der Waals surface area (Å²) >= 11 is 1.86. The SMILES string of the molecule is C=C(C)CCC(O)C1CSc2ccccc21. The van der Waals surface area contributed by atoms with E-state index in [1.807, 2.05) is 18.7 Å². The van der Waals surface area contributed by atoms with E-state index < -0.39 is 0 Å². The van der Waals surface area contributed by atoms with Gasteiger partial charge in [0, 0.05) is 16.6 Å². The first-order valence-corrected chi connectivity index (χ1v) is 6.71. The van der Waals surface area contributed by atoms with Gasteiger partial charge in [-0.2, -0.15) is 0 Å². The standard InChI is InChI=1S/C14H18OS/c1-10(2)7-8-13(15)12-9-16-14-6-4-3-5-11(12)14/h3-6,12-13,15H,1,7-9H2,2H3. The topological polar surface area (TPSA) is 20.2 Å². The van der Waals surface area contributed by atoms with Crippen molar-refractivity contribution >= 4 is 11.8 Å². The molecule has 1 aliphatic heterocycles. The highest BCUT2D eigenvalue weighted by molar-refractivity contribution is 7.99. The summed E-state index contributed by atoms with van der Waals surface area (Å²) < 4.78 is 0. The lowest BCUT2D eigenvalue weighted by Crippen LogP contribution is -2.18. The largest absolute Gasteiger partial charge is 0.392 e. The second kappa shape index (κ2) is 5.07. The van der Waals surface area contributed by atoms with Crippen LogP contribution in [0.4, 0.5) is 0 Å². The van der Waals surface area contributed by atoms with Gasteiger partial charge in [0.05, 0.1) is 6.10 Å². The van der Waals surface area contributed by atoms with Gasteiger partial charge in [0.2, 0.25) is 0 Å². The zero-order chi connectivity index (χ0) is 11.5. The Balaban J connectivity index is 2.04. The van der Waals surface area contributed by atoms with Crippen LogP contribution in [0.2, 0.25) is 0 Å². The van der Waals surface area contributed by atoms with Crippen LogP contribution in [0.25, 0.3) is 0 Å². The molecule has 0 spiro atoms. The van der Waals surface area contributed by atoms with E-state index in [1.54, 1.807) is 0 Å². The van der Waals surface area contributed by atoms with Crippen LogP contribution in [0.3, 0.4) is 0 Å². The summed E-state index contributed by atoms with van der Waals surface area (Å²) in [5, 5.41) is 10.2. The Hall–Kier alpha value is -0.730. The Kier molecular flexibility index (Phi) is 3.72. The van der Waals surface area contributed by atoms with E-state index in [0.29, 0.717) is 5.92 Å². The van der Waals surface area contributed by atoms with Crippen molar-refractivity contribution in [3.63, 3.8) is 0 Å². The van der Waals surface area contributed by atoms with Gasteiger partial charge in [-0.1, -0.05) is 23.8 Å². The van der Waals surface area contributed by atoms with Gasteiger partial charge in [0.1, 0.15) is 0 Å². The van der Waals surface area contributed by atoms with Crippen LogP contribution in [0.5, 0.6) is 0 Å². The Bertz CT molecular complexity index is 386. The zero-order valence-electron chi connectivity index (χ0n) is 9.65. The van der Waals surface area contributed by atoms with Crippen LogP contribution in [0.1, 0.15) is 31.2 Å². The summed E-state index contributed by atoms with van der Waals surface area (Å²) in [6.07, 6.45) is 1.52. The number of aliphatic hydroxyl groups is 1. The number of rotatable bonds is 4. The van der Waals surface area contributed by atoms with Crippen molar-refractivity contribution in [3.05, 3.63) is 42.0 Å². The third-order valence-electron chi connectivity index (χ3n) is 3.07. The average Bonchev–Trinajstić information content (AvgIpc) is 2.69. The van der Waals surface area contributed by atoms with Crippen molar-refractivity contribution in [2.75, 3.05) is 5.75 Å². The predicted octanol–water partition coefficient (Wildman–Crippen LogP) is 3.59. The smallest absolute Gasteiger partial charge is 0.0620 e. The molecular formula is C14H18OS. The maximum Gasteiger partial charge on any atom is 0.0620 e. The highest BCUT2D eigenvalue weighted by Gasteiger charge is 2.28. The van der Waals surface area contributed by atoms with Crippen LogP contribution in [-0.4, -0.2) is 17.0 Å². The molecule has 16 heavy (non-hydrogen) atoms. The quantitative estimate of drug-likeness (QED) is 0.803. The first-order chi connectivity index (χ1) is 7.68. The first-order valence-electron chi connectivity index (χ1n) is 5.72. The second-order valence-electron chi connectivity index (χ2n) is 4.52. The van der Waals surface area contributed by atoms with Gasteiger partial charge in [-0.05, 0) is 31.4 Å². The molecule has 1 nitrogen and oxygen atoms in total. The van der Waals surface area contributed by atoms with Gasteiger partial charge in [0.25, 0.3) is 0 Å². The van der Waals surface area contributed by atoms with Crippen LogP contribution >= 0.6 is 11.8 Å². The highest BCUT2D eigenvalue weighted by Crippen LogP contribution is 2.41. The van der Waals surface area contributed by atoms with Gasteiger partial charge in [0.15, 0.2) is 0 Å². The second-order valence-corrected chi connectivity index (χ2v) is 5.58. The molecule has 0 amide bonds. The lowest BCUT2D eigenvalue weighted by molar-refractivity contribution is 0.142. The third kappa shape index (κ3) is 2.50. The van der Waals surface area contributed by atoms with Crippen molar-refractivity contribution < 1.29 is 5.11 Å². The lowest BCUT2D eigenvalue weighted by atomic mass is 9.92. The molecular weight excluding hydrogens is 216 g/mol. The van der Waals surface area contributed by atoms with Crippen molar-refractivity contribution in [2.24, 2.45) is 0 Å². The summed E-state index contributed by atoms with van der Waals surface area (Å²) in [4.78, 5) is 1.34. The Morgan fingerprint density at radius 1 is 1.56 bits per heavy atom. The van der Waals surface area contributed by atoms with Crippen molar-refractivity contribution in [1.82, 2.24) is 0 Å². The molecule has 1 aromatic rings. The number of benzene rings is 1. The third-order valence-corrected chi connectivity index (χ3v) is 4.28. The average molecular weight is 234 g/mol. The summed E-state index contributed by atoms with van der Waals surface area (Å²) in [7, 11) is 0. The number of aliphatic hydroxyl groups excluding tert-OH is 1. The Labute approximate surface area is 102 Å². The van der Waals surface area contributed by atoms with E-state index in [2.05, 4.69) is 30.8 Å². The number of hydrogen-bond acceptors (Lipinski definition) is 2. The molecule has 86 valence electrons. The molecule has 0 saturated heterocycles. The molecule has 1 heterocycles. The van der Waals surface area contributed by atoms with Gasteiger partial charge in [-0.15, -0.1) is 18.3 Å². The minimum absolute atomic E-state index is 0.229. The van der Waals surface area contributed by atoms with Crippen molar-refractivity contribution in [2.45, 2.75) is 36.7 Å². The Morgan fingerprint density at radius 3 is 3.06 bits per heavy atom. The summed E-state index contributed by atoms with van der Waals surface area (Å²) in [6.45, 7) is 5.90. The minimum Gasteiger partial charge on any atom is -0.392 e. The molecule has 0 fully saturated rings. The Morgan fingerprint density at radius 2 is 2.31 bits per heavy atom. The fraction of sp³-hybridized carbons (Fsp3) is 0.429. The molecule has 0 aliphatic carbocycles. The molecule has 1 N–H and O–H groups in total. The van der Waals surface area contributed by atoms with E-state index in [0.717, 1.165) is 24.2 Å². The molecule has 0 bridgehead atoms. The van der Waals surface area contributed by atoms with Gasteiger partial charge >= 0.3 is 0 Å². The minimum atomic E-state index is -0.229. The van der Waals surface area contributed by atoms with E-state index >= 15 is 0 Å². The maximum atomic E-state index is 10.2. The fourth-order valence-corrected chi connectivity index (χ4v) is 3.42. The normalized spacial score (nSPS) is 20.5. The fourth-order valence-electron chi connectivity index (χ4n) is 2.10. The van der Waals surface area contributed by atoms with Crippen LogP contribution in [0.15, 0.2) is 41.3 Å². The molecule has 0 saturated carbocycles. The summed E-state index contributed by atoms with van der Waals surface area (Å²) in [5.41, 5.74) is 2.47. The number of fused-ring (bicyclic) bond motifs is 1. The molecule has 0 radical (unpaired) electrons. The summed E-state index contributed by atoms with van der Waals surface area (Å²) in [6, 6.07) is 8.41. The predicted molar refractivity (Wildman–Crippen MR) is 70.0 cm³/mol. The van der Waals surface area contributed by atoms with Gasteiger partial charge in [-0.3, -0.25) is 0 Å². The number of hydrogen-bond donors (Lipinski definition) is 1. The molecule has 0 aromatic heterocycles. The molecule has 2 atom stereocenters. The van der Waals surface area contributed by atoms with Crippen molar-refractivity contribution in [1.29, 1.82) is 0 Å². The highest BCUT2D eigenvalue weighted by atomic mass is 32.2. The van der Waals surface area contributed by atoms with Crippen LogP contribution in [0, 0.1) is 0 Å². The number of thioether (sulfide) groups is 1. The van der Waals surface area contributed by atoms with Gasteiger partial charge < -0.3 is 5.11 Å². The zero-order valence-corrected chi connectivity index (χ0v) is 10.5. The van der Waals surface area contributed by atoms with E-state index in [9.17, 15) is 5.11 Å². The van der Waals surface area contributed by atoms with Crippen molar-refractivity contribution in [3.8, 4) is 0 Å². The van der Waals surface area contributed by atoms with E-state index in [1.165, 1.54) is 10.5 Å². The molecule has 1 aromatic carbocycles.